The summed E-state index contributed by atoms with van der Waals surface area (Å²) in [5.41, 5.74) is 5.24. The lowest BCUT2D eigenvalue weighted by Gasteiger charge is -2.29. The number of amides is 1. The maximum Gasteiger partial charge on any atom is 0.252 e. The molecule has 0 aromatic carbocycles. The number of likely N-dealkylation sites (tertiary alicyclic amines) is 1. The maximum atomic E-state index is 11.8. The number of nitrogen functional groups attached to an aromatic ring is 1. The Labute approximate surface area is 130 Å². The molecular weight excluding hydrogens is 282 g/mol. The number of rotatable bonds is 6. The molecule has 1 saturated heterocycles. The fourth-order valence-electron chi connectivity index (χ4n) is 2.90. The fraction of sp³-hybridized carbons (Fsp3) is 0.667. The molecular formula is C15H25N5O2. The van der Waals surface area contributed by atoms with Crippen LogP contribution in [0.4, 0.5) is 5.82 Å². The van der Waals surface area contributed by atoms with Gasteiger partial charge in [0, 0.05) is 32.0 Å². The molecule has 4 N–H and O–H groups in total. The number of nitrogens with two attached hydrogens (primary N) is 1. The van der Waals surface area contributed by atoms with E-state index in [0.29, 0.717) is 31.1 Å². The maximum absolute atomic E-state index is 11.8. The van der Waals surface area contributed by atoms with Gasteiger partial charge in [-0.3, -0.25) is 9.59 Å². The van der Waals surface area contributed by atoms with E-state index in [2.05, 4.69) is 27.2 Å². The molecule has 0 unspecified atom stereocenters. The smallest absolute Gasteiger partial charge is 0.252 e. The van der Waals surface area contributed by atoms with Gasteiger partial charge < -0.3 is 20.9 Å². The zero-order valence-corrected chi connectivity index (χ0v) is 13.1. The molecule has 0 bridgehead atoms. The van der Waals surface area contributed by atoms with Gasteiger partial charge in [0.1, 0.15) is 11.6 Å². The third kappa shape index (κ3) is 5.48. The second-order valence-corrected chi connectivity index (χ2v) is 6.03. The first-order valence-corrected chi connectivity index (χ1v) is 7.84. The van der Waals surface area contributed by atoms with Crippen molar-refractivity contribution in [1.82, 2.24) is 20.2 Å². The summed E-state index contributed by atoms with van der Waals surface area (Å²) in [4.78, 5) is 32.1. The largest absolute Gasteiger partial charge is 0.383 e. The lowest BCUT2D eigenvalue weighted by molar-refractivity contribution is -0.121. The van der Waals surface area contributed by atoms with Gasteiger partial charge in [-0.05, 0) is 38.8 Å². The number of hydrogen-bond donors (Lipinski definition) is 3. The van der Waals surface area contributed by atoms with Crippen molar-refractivity contribution in [3.05, 3.63) is 22.2 Å². The minimum atomic E-state index is -0.268. The molecule has 22 heavy (non-hydrogen) atoms. The van der Waals surface area contributed by atoms with Crippen LogP contribution in [0.15, 0.2) is 10.9 Å². The van der Waals surface area contributed by atoms with Crippen molar-refractivity contribution in [3.8, 4) is 0 Å². The Morgan fingerprint density at radius 2 is 2.41 bits per heavy atom. The Morgan fingerprint density at radius 1 is 1.59 bits per heavy atom. The van der Waals surface area contributed by atoms with Crippen LogP contribution in [0.1, 0.15) is 31.5 Å². The summed E-state index contributed by atoms with van der Waals surface area (Å²) in [6.45, 7) is 2.70. The number of anilines is 1. The van der Waals surface area contributed by atoms with Crippen molar-refractivity contribution in [2.45, 2.75) is 32.1 Å². The molecule has 1 atom stereocenters. The number of aromatic nitrogens is 2. The Balaban J connectivity index is 1.66. The van der Waals surface area contributed by atoms with Gasteiger partial charge in [0.15, 0.2) is 0 Å². The van der Waals surface area contributed by atoms with Crippen LogP contribution >= 0.6 is 0 Å². The molecule has 1 aliphatic heterocycles. The van der Waals surface area contributed by atoms with E-state index in [1.54, 1.807) is 0 Å². The van der Waals surface area contributed by atoms with E-state index in [4.69, 9.17) is 5.73 Å². The molecule has 2 rings (SSSR count). The molecule has 1 aliphatic rings. The molecule has 0 saturated carbocycles. The summed E-state index contributed by atoms with van der Waals surface area (Å²) >= 11 is 0. The van der Waals surface area contributed by atoms with Crippen LogP contribution in [0.3, 0.4) is 0 Å². The molecule has 1 amide bonds. The van der Waals surface area contributed by atoms with Crippen molar-refractivity contribution >= 4 is 11.7 Å². The highest BCUT2D eigenvalue weighted by molar-refractivity contribution is 5.75. The van der Waals surface area contributed by atoms with Crippen molar-refractivity contribution in [2.24, 2.45) is 5.92 Å². The predicted molar refractivity (Wildman–Crippen MR) is 85.4 cm³/mol. The third-order valence-electron chi connectivity index (χ3n) is 4.00. The lowest BCUT2D eigenvalue weighted by atomic mass is 9.93. The molecule has 1 aromatic rings. The van der Waals surface area contributed by atoms with Gasteiger partial charge in [-0.2, -0.15) is 0 Å². The van der Waals surface area contributed by atoms with E-state index >= 15 is 0 Å². The van der Waals surface area contributed by atoms with Gasteiger partial charge in [-0.15, -0.1) is 0 Å². The monoisotopic (exact) mass is 307 g/mol. The topological polar surface area (TPSA) is 104 Å². The lowest BCUT2D eigenvalue weighted by Crippen LogP contribution is -2.33. The van der Waals surface area contributed by atoms with E-state index in [9.17, 15) is 9.59 Å². The fourth-order valence-corrected chi connectivity index (χ4v) is 2.90. The molecule has 0 aliphatic carbocycles. The molecule has 7 heteroatoms. The van der Waals surface area contributed by atoms with E-state index in [0.717, 1.165) is 19.5 Å². The number of piperidine rings is 1. The first kappa shape index (κ1) is 16.5. The molecule has 0 radical (unpaired) electrons. The SMILES string of the molecule is CN1CCC[C@H](CCC(=O)NCCc2nc(N)cc(=O)[nH]2)C1. The Kier molecular flexibility index (Phi) is 5.94. The van der Waals surface area contributed by atoms with Crippen molar-refractivity contribution in [3.63, 3.8) is 0 Å². The number of nitrogens with one attached hydrogen (secondary N) is 2. The first-order chi connectivity index (χ1) is 10.5. The van der Waals surface area contributed by atoms with Crippen LogP contribution in [0.2, 0.25) is 0 Å². The van der Waals surface area contributed by atoms with E-state index in [1.807, 2.05) is 0 Å². The van der Waals surface area contributed by atoms with Crippen LogP contribution in [-0.2, 0) is 11.2 Å². The normalized spacial score (nSPS) is 19.0. The highest BCUT2D eigenvalue weighted by Crippen LogP contribution is 2.19. The van der Waals surface area contributed by atoms with Gasteiger partial charge in [0.2, 0.25) is 5.91 Å². The minimum absolute atomic E-state index is 0.0551. The van der Waals surface area contributed by atoms with Crippen LogP contribution in [-0.4, -0.2) is 47.5 Å². The average Bonchev–Trinajstić information content (AvgIpc) is 2.44. The summed E-state index contributed by atoms with van der Waals surface area (Å²) in [7, 11) is 2.13. The minimum Gasteiger partial charge on any atom is -0.383 e. The predicted octanol–water partition coefficient (Wildman–Crippen LogP) is 0.133. The van der Waals surface area contributed by atoms with Gasteiger partial charge in [0.05, 0.1) is 0 Å². The summed E-state index contributed by atoms with van der Waals surface area (Å²) in [5.74, 6) is 1.38. The average molecular weight is 307 g/mol. The summed E-state index contributed by atoms with van der Waals surface area (Å²) in [6.07, 6.45) is 4.39. The van der Waals surface area contributed by atoms with Crippen LogP contribution < -0.4 is 16.6 Å². The van der Waals surface area contributed by atoms with Crippen molar-refractivity contribution < 1.29 is 4.79 Å². The highest BCUT2D eigenvalue weighted by Gasteiger charge is 2.17. The molecule has 0 spiro atoms. The summed E-state index contributed by atoms with van der Waals surface area (Å²) in [5, 5.41) is 2.87. The zero-order valence-electron chi connectivity index (χ0n) is 13.1. The van der Waals surface area contributed by atoms with Crippen LogP contribution in [0, 0.1) is 5.92 Å². The molecule has 1 aromatic heterocycles. The van der Waals surface area contributed by atoms with E-state index < -0.39 is 0 Å². The highest BCUT2D eigenvalue weighted by atomic mass is 16.1. The Morgan fingerprint density at radius 3 is 3.14 bits per heavy atom. The third-order valence-corrected chi connectivity index (χ3v) is 4.00. The Hall–Kier alpha value is -1.89. The number of carbonyl (C=O) groups is 1. The van der Waals surface area contributed by atoms with Crippen molar-refractivity contribution in [1.29, 1.82) is 0 Å². The van der Waals surface area contributed by atoms with Gasteiger partial charge in [-0.1, -0.05) is 0 Å². The molecule has 1 fully saturated rings. The van der Waals surface area contributed by atoms with Crippen molar-refractivity contribution in [2.75, 3.05) is 32.4 Å². The quantitative estimate of drug-likeness (QED) is 0.693. The summed E-state index contributed by atoms with van der Waals surface area (Å²) < 4.78 is 0. The Bertz CT molecular complexity index is 557. The summed E-state index contributed by atoms with van der Waals surface area (Å²) in [6, 6.07) is 1.24. The number of aromatic amines is 1. The standard InChI is InChI=1S/C15H25N5O2/c1-20-8-2-3-11(10-20)4-5-14(21)17-7-6-13-18-12(16)9-15(22)19-13/h9,11H,2-8,10H2,1H3,(H,17,21)(H3,16,18,19,22)/t11-/m1/s1. The van der Waals surface area contributed by atoms with E-state index in [-0.39, 0.29) is 17.3 Å². The molecule has 122 valence electrons. The molecule has 2 heterocycles. The number of carbonyl (C=O) groups excluding carboxylic acids is 1. The van der Waals surface area contributed by atoms with Gasteiger partial charge >= 0.3 is 0 Å². The number of nitrogens with zero attached hydrogens (tertiary/aromatic N) is 2. The number of hydrogen-bond acceptors (Lipinski definition) is 5. The van der Waals surface area contributed by atoms with E-state index in [1.165, 1.54) is 18.9 Å². The second-order valence-electron chi connectivity index (χ2n) is 6.03. The van der Waals surface area contributed by atoms with Gasteiger partial charge in [-0.25, -0.2) is 4.98 Å². The molecule has 7 nitrogen and oxygen atoms in total. The van der Waals surface area contributed by atoms with Crippen LogP contribution in [0.25, 0.3) is 0 Å². The number of H-pyrrole nitrogens is 1. The second kappa shape index (κ2) is 7.93. The van der Waals surface area contributed by atoms with Gasteiger partial charge in [0.25, 0.3) is 5.56 Å². The zero-order chi connectivity index (χ0) is 15.9. The van der Waals surface area contributed by atoms with Crippen LogP contribution in [0.5, 0.6) is 0 Å². The first-order valence-electron chi connectivity index (χ1n) is 7.84.